The summed E-state index contributed by atoms with van der Waals surface area (Å²) < 4.78 is 1.72. The van der Waals surface area contributed by atoms with Crippen molar-refractivity contribution in [1.29, 1.82) is 0 Å². The molecule has 4 nitrogen and oxygen atoms in total. The Kier molecular flexibility index (Phi) is 4.00. The SMILES string of the molecule is Cc1ccc(CNC(=O)Cn2nc(C)cc2C)cc1. The standard InChI is InChI=1S/C15H19N3O/c1-11-4-6-14(7-5-11)9-16-15(19)10-18-13(3)8-12(2)17-18/h4-8H,9-10H2,1-3H3,(H,16,19). The van der Waals surface area contributed by atoms with Gasteiger partial charge in [-0.25, -0.2) is 0 Å². The molecule has 0 aliphatic rings. The number of nitrogens with zero attached hydrogens (tertiary/aromatic N) is 2. The van der Waals surface area contributed by atoms with E-state index < -0.39 is 0 Å². The van der Waals surface area contributed by atoms with Gasteiger partial charge < -0.3 is 5.32 Å². The van der Waals surface area contributed by atoms with E-state index in [1.807, 2.05) is 51.1 Å². The van der Waals surface area contributed by atoms with Crippen molar-refractivity contribution < 1.29 is 4.79 Å². The van der Waals surface area contributed by atoms with Crippen LogP contribution < -0.4 is 5.32 Å². The Morgan fingerprint density at radius 2 is 1.89 bits per heavy atom. The van der Waals surface area contributed by atoms with Crippen LogP contribution in [-0.2, 0) is 17.9 Å². The minimum absolute atomic E-state index is 0.0215. The van der Waals surface area contributed by atoms with Gasteiger partial charge in [-0.05, 0) is 32.4 Å². The highest BCUT2D eigenvalue weighted by Gasteiger charge is 2.06. The zero-order valence-electron chi connectivity index (χ0n) is 11.6. The van der Waals surface area contributed by atoms with Crippen LogP contribution in [0, 0.1) is 20.8 Å². The molecule has 1 aromatic heterocycles. The normalized spacial score (nSPS) is 10.5. The first-order valence-electron chi connectivity index (χ1n) is 6.38. The highest BCUT2D eigenvalue weighted by molar-refractivity contribution is 5.75. The molecule has 1 N–H and O–H groups in total. The van der Waals surface area contributed by atoms with Crippen molar-refractivity contribution in [2.75, 3.05) is 0 Å². The number of hydrogen-bond acceptors (Lipinski definition) is 2. The van der Waals surface area contributed by atoms with Crippen LogP contribution in [0.4, 0.5) is 0 Å². The van der Waals surface area contributed by atoms with Crippen molar-refractivity contribution in [1.82, 2.24) is 15.1 Å². The summed E-state index contributed by atoms with van der Waals surface area (Å²) in [6, 6.07) is 10.1. The van der Waals surface area contributed by atoms with Gasteiger partial charge in [0.25, 0.3) is 0 Å². The van der Waals surface area contributed by atoms with E-state index in [2.05, 4.69) is 10.4 Å². The van der Waals surface area contributed by atoms with E-state index in [9.17, 15) is 4.79 Å². The number of hydrogen-bond donors (Lipinski definition) is 1. The lowest BCUT2D eigenvalue weighted by molar-refractivity contribution is -0.122. The van der Waals surface area contributed by atoms with E-state index >= 15 is 0 Å². The lowest BCUT2D eigenvalue weighted by atomic mass is 10.1. The van der Waals surface area contributed by atoms with Crippen LogP contribution >= 0.6 is 0 Å². The van der Waals surface area contributed by atoms with E-state index in [1.165, 1.54) is 5.56 Å². The molecule has 0 spiro atoms. The van der Waals surface area contributed by atoms with Gasteiger partial charge in [-0.2, -0.15) is 5.10 Å². The maximum atomic E-state index is 11.8. The molecule has 0 unspecified atom stereocenters. The quantitative estimate of drug-likeness (QED) is 0.912. The number of carbonyl (C=O) groups excluding carboxylic acids is 1. The number of aromatic nitrogens is 2. The van der Waals surface area contributed by atoms with E-state index in [1.54, 1.807) is 4.68 Å². The first-order valence-corrected chi connectivity index (χ1v) is 6.38. The van der Waals surface area contributed by atoms with Crippen molar-refractivity contribution in [3.8, 4) is 0 Å². The third-order valence-corrected chi connectivity index (χ3v) is 3.01. The molecule has 0 bridgehead atoms. The highest BCUT2D eigenvalue weighted by Crippen LogP contribution is 2.03. The van der Waals surface area contributed by atoms with Gasteiger partial charge in [-0.1, -0.05) is 29.8 Å². The van der Waals surface area contributed by atoms with Crippen LogP contribution in [0.3, 0.4) is 0 Å². The Bertz CT molecular complexity index is 570. The molecule has 0 fully saturated rings. The molecule has 0 saturated heterocycles. The van der Waals surface area contributed by atoms with Gasteiger partial charge in [-0.15, -0.1) is 0 Å². The van der Waals surface area contributed by atoms with Crippen molar-refractivity contribution >= 4 is 5.91 Å². The van der Waals surface area contributed by atoms with E-state index in [-0.39, 0.29) is 12.5 Å². The third kappa shape index (κ3) is 3.68. The summed E-state index contributed by atoms with van der Waals surface area (Å²) in [5.41, 5.74) is 4.26. The molecule has 0 atom stereocenters. The molecule has 0 aliphatic carbocycles. The number of carbonyl (C=O) groups is 1. The van der Waals surface area contributed by atoms with Crippen molar-refractivity contribution in [3.63, 3.8) is 0 Å². The molecule has 100 valence electrons. The summed E-state index contributed by atoms with van der Waals surface area (Å²) in [5.74, 6) is -0.0215. The molecule has 19 heavy (non-hydrogen) atoms. The molecular weight excluding hydrogens is 238 g/mol. The molecular formula is C15H19N3O. The summed E-state index contributed by atoms with van der Waals surface area (Å²) in [5, 5.41) is 7.18. The van der Waals surface area contributed by atoms with Gasteiger partial charge in [0, 0.05) is 12.2 Å². The highest BCUT2D eigenvalue weighted by atomic mass is 16.2. The molecule has 0 radical (unpaired) electrons. The fourth-order valence-electron chi connectivity index (χ4n) is 1.93. The summed E-state index contributed by atoms with van der Waals surface area (Å²) in [6.07, 6.45) is 0. The van der Waals surface area contributed by atoms with Crippen LogP contribution in [0.2, 0.25) is 0 Å². The Morgan fingerprint density at radius 3 is 2.47 bits per heavy atom. The average molecular weight is 257 g/mol. The van der Waals surface area contributed by atoms with Gasteiger partial charge in [0.2, 0.25) is 5.91 Å². The van der Waals surface area contributed by atoms with Crippen LogP contribution in [0.1, 0.15) is 22.5 Å². The Labute approximate surface area is 113 Å². The van der Waals surface area contributed by atoms with E-state index in [4.69, 9.17) is 0 Å². The minimum atomic E-state index is -0.0215. The maximum Gasteiger partial charge on any atom is 0.242 e. The monoisotopic (exact) mass is 257 g/mol. The molecule has 0 aliphatic heterocycles. The second-order valence-electron chi connectivity index (χ2n) is 4.85. The second kappa shape index (κ2) is 5.69. The van der Waals surface area contributed by atoms with Crippen molar-refractivity contribution in [2.24, 2.45) is 0 Å². The van der Waals surface area contributed by atoms with Crippen LogP contribution in [0.15, 0.2) is 30.3 Å². The number of aryl methyl sites for hydroxylation is 3. The number of nitrogens with one attached hydrogen (secondary N) is 1. The number of benzene rings is 1. The first kappa shape index (κ1) is 13.3. The fraction of sp³-hybridized carbons (Fsp3) is 0.333. The van der Waals surface area contributed by atoms with E-state index in [0.29, 0.717) is 6.54 Å². The molecule has 1 aromatic carbocycles. The lowest BCUT2D eigenvalue weighted by Gasteiger charge is -2.07. The Morgan fingerprint density at radius 1 is 1.21 bits per heavy atom. The predicted molar refractivity (Wildman–Crippen MR) is 74.7 cm³/mol. The van der Waals surface area contributed by atoms with Crippen LogP contribution in [0.5, 0.6) is 0 Å². The van der Waals surface area contributed by atoms with Gasteiger partial charge in [-0.3, -0.25) is 9.48 Å². The summed E-state index contributed by atoms with van der Waals surface area (Å²) >= 11 is 0. The van der Waals surface area contributed by atoms with Crippen molar-refractivity contribution in [3.05, 3.63) is 52.8 Å². The molecule has 0 saturated carbocycles. The second-order valence-corrected chi connectivity index (χ2v) is 4.85. The van der Waals surface area contributed by atoms with Crippen molar-refractivity contribution in [2.45, 2.75) is 33.9 Å². The summed E-state index contributed by atoms with van der Waals surface area (Å²) in [4.78, 5) is 11.8. The zero-order chi connectivity index (χ0) is 13.8. The summed E-state index contributed by atoms with van der Waals surface area (Å²) in [6.45, 7) is 6.75. The number of rotatable bonds is 4. The molecule has 2 aromatic rings. The smallest absolute Gasteiger partial charge is 0.242 e. The maximum absolute atomic E-state index is 11.8. The molecule has 1 heterocycles. The largest absolute Gasteiger partial charge is 0.350 e. The molecule has 4 heteroatoms. The van der Waals surface area contributed by atoms with Crippen LogP contribution in [-0.4, -0.2) is 15.7 Å². The third-order valence-electron chi connectivity index (χ3n) is 3.01. The topological polar surface area (TPSA) is 46.9 Å². The van der Waals surface area contributed by atoms with E-state index in [0.717, 1.165) is 17.0 Å². The summed E-state index contributed by atoms with van der Waals surface area (Å²) in [7, 11) is 0. The van der Waals surface area contributed by atoms with Gasteiger partial charge >= 0.3 is 0 Å². The fourth-order valence-corrected chi connectivity index (χ4v) is 1.93. The molecule has 1 amide bonds. The lowest BCUT2D eigenvalue weighted by Crippen LogP contribution is -2.27. The average Bonchev–Trinajstić information content (AvgIpc) is 2.67. The minimum Gasteiger partial charge on any atom is -0.350 e. The zero-order valence-corrected chi connectivity index (χ0v) is 11.6. The van der Waals surface area contributed by atoms with Gasteiger partial charge in [0.05, 0.1) is 5.69 Å². The van der Waals surface area contributed by atoms with Gasteiger partial charge in [0.1, 0.15) is 6.54 Å². The van der Waals surface area contributed by atoms with Crippen LogP contribution in [0.25, 0.3) is 0 Å². The Balaban J connectivity index is 1.88. The molecule has 2 rings (SSSR count). The Hall–Kier alpha value is -2.10. The van der Waals surface area contributed by atoms with Gasteiger partial charge in [0.15, 0.2) is 0 Å². The first-order chi connectivity index (χ1) is 9.04. The number of amides is 1. The predicted octanol–water partition coefficient (Wildman–Crippen LogP) is 2.12.